The zero-order chi connectivity index (χ0) is 21.8. The van der Waals surface area contributed by atoms with Crippen LogP contribution in [0.25, 0.3) is 0 Å². The molecule has 1 unspecified atom stereocenters. The smallest absolute Gasteiger partial charge is 0.339 e. The Morgan fingerprint density at radius 1 is 1.28 bits per heavy atom. The first-order valence-corrected chi connectivity index (χ1v) is 9.20. The van der Waals surface area contributed by atoms with Gasteiger partial charge >= 0.3 is 5.97 Å². The van der Waals surface area contributed by atoms with E-state index in [4.69, 9.17) is 18.9 Å². The standard InChI is InChI=1S/C20H29NO8/c1-13-9-18(16(12-22)17(23)10-14(2)28-8-7-27-4)29-20(25)15(13)11-19(24)21-5-6-26-3/h10,12,14,23H,5-9,11H2,1-4H3,(H,21,24)/b17-10+,18-16+. The summed E-state index contributed by atoms with van der Waals surface area (Å²) >= 11 is 0. The lowest BCUT2D eigenvalue weighted by molar-refractivity contribution is -0.137. The summed E-state index contributed by atoms with van der Waals surface area (Å²) in [5.74, 6) is -1.37. The average molecular weight is 411 g/mol. The maximum absolute atomic E-state index is 12.3. The molecule has 0 aromatic heterocycles. The van der Waals surface area contributed by atoms with E-state index < -0.39 is 12.1 Å². The van der Waals surface area contributed by atoms with E-state index in [0.29, 0.717) is 38.2 Å². The average Bonchev–Trinajstić information content (AvgIpc) is 2.65. The second kappa shape index (κ2) is 12.9. The van der Waals surface area contributed by atoms with Crippen LogP contribution in [0.4, 0.5) is 0 Å². The van der Waals surface area contributed by atoms with Gasteiger partial charge in [-0.05, 0) is 19.9 Å². The van der Waals surface area contributed by atoms with Crippen molar-refractivity contribution < 1.29 is 38.4 Å². The Balaban J connectivity index is 2.91. The summed E-state index contributed by atoms with van der Waals surface area (Å²) < 4.78 is 20.4. The predicted molar refractivity (Wildman–Crippen MR) is 104 cm³/mol. The Kier molecular flexibility index (Phi) is 10.9. The third kappa shape index (κ3) is 8.18. The second-order valence-corrected chi connectivity index (χ2v) is 6.42. The number of aldehydes is 1. The summed E-state index contributed by atoms with van der Waals surface area (Å²) in [4.78, 5) is 35.8. The van der Waals surface area contributed by atoms with Gasteiger partial charge in [-0.2, -0.15) is 0 Å². The lowest BCUT2D eigenvalue weighted by atomic mass is 9.97. The van der Waals surface area contributed by atoms with Crippen LogP contribution in [0.5, 0.6) is 0 Å². The van der Waals surface area contributed by atoms with Gasteiger partial charge in [0.25, 0.3) is 0 Å². The SMILES string of the molecule is COCCNC(=O)CC1=C(C)C/C(=C(C=O)\C(O)=C/C(C)OCCOC)OC1=O. The maximum Gasteiger partial charge on any atom is 0.339 e. The molecule has 0 fully saturated rings. The number of carbonyl (C=O) groups is 3. The van der Waals surface area contributed by atoms with Crippen molar-refractivity contribution >= 4 is 18.2 Å². The van der Waals surface area contributed by atoms with Gasteiger partial charge in [0.2, 0.25) is 5.91 Å². The van der Waals surface area contributed by atoms with E-state index in [1.807, 2.05) is 0 Å². The minimum Gasteiger partial charge on any atom is -0.507 e. The number of cyclic esters (lactones) is 1. The molecular formula is C20H29NO8. The molecule has 1 aliphatic heterocycles. The molecule has 0 saturated carbocycles. The number of esters is 1. The summed E-state index contributed by atoms with van der Waals surface area (Å²) in [7, 11) is 3.06. The highest BCUT2D eigenvalue weighted by Crippen LogP contribution is 2.29. The molecule has 0 bridgehead atoms. The fourth-order valence-electron chi connectivity index (χ4n) is 2.57. The number of amides is 1. The van der Waals surface area contributed by atoms with E-state index in [1.165, 1.54) is 13.2 Å². The molecule has 162 valence electrons. The number of methoxy groups -OCH3 is 2. The molecule has 0 aromatic rings. The molecule has 9 nitrogen and oxygen atoms in total. The molecule has 0 spiro atoms. The normalized spacial score (nSPS) is 17.7. The molecule has 0 saturated heterocycles. The van der Waals surface area contributed by atoms with Crippen molar-refractivity contribution in [1.82, 2.24) is 5.32 Å². The topological polar surface area (TPSA) is 120 Å². The van der Waals surface area contributed by atoms with Gasteiger partial charge in [0, 0.05) is 32.8 Å². The number of allylic oxidation sites excluding steroid dienone is 2. The predicted octanol–water partition coefficient (Wildman–Crippen LogP) is 1.35. The van der Waals surface area contributed by atoms with Crippen LogP contribution in [0, 0.1) is 0 Å². The molecule has 9 heteroatoms. The van der Waals surface area contributed by atoms with Gasteiger partial charge in [-0.25, -0.2) is 4.79 Å². The van der Waals surface area contributed by atoms with Crippen LogP contribution in [-0.4, -0.2) is 70.0 Å². The maximum atomic E-state index is 12.3. The van der Waals surface area contributed by atoms with Gasteiger partial charge < -0.3 is 29.4 Å². The van der Waals surface area contributed by atoms with E-state index in [-0.39, 0.29) is 41.4 Å². The van der Waals surface area contributed by atoms with Crippen LogP contribution in [0.15, 0.2) is 34.3 Å². The van der Waals surface area contributed by atoms with Crippen LogP contribution in [0.2, 0.25) is 0 Å². The van der Waals surface area contributed by atoms with Crippen LogP contribution >= 0.6 is 0 Å². The number of rotatable bonds is 12. The fourth-order valence-corrected chi connectivity index (χ4v) is 2.57. The minimum atomic E-state index is -0.720. The van der Waals surface area contributed by atoms with Crippen molar-refractivity contribution in [2.24, 2.45) is 0 Å². The van der Waals surface area contributed by atoms with Gasteiger partial charge in [0.05, 0.1) is 37.9 Å². The van der Waals surface area contributed by atoms with Crippen molar-refractivity contribution in [3.63, 3.8) is 0 Å². The molecule has 1 rings (SSSR count). The Morgan fingerprint density at radius 2 is 1.97 bits per heavy atom. The molecule has 1 amide bonds. The molecule has 1 atom stereocenters. The number of hydrogen-bond donors (Lipinski definition) is 2. The highest BCUT2D eigenvalue weighted by molar-refractivity contribution is 5.98. The van der Waals surface area contributed by atoms with Crippen LogP contribution in [0.1, 0.15) is 26.7 Å². The molecule has 29 heavy (non-hydrogen) atoms. The number of hydrogen-bond acceptors (Lipinski definition) is 8. The highest BCUT2D eigenvalue weighted by Gasteiger charge is 2.28. The van der Waals surface area contributed by atoms with Gasteiger partial charge in [0.15, 0.2) is 6.29 Å². The third-order valence-corrected chi connectivity index (χ3v) is 4.12. The van der Waals surface area contributed by atoms with E-state index in [1.54, 1.807) is 21.0 Å². The summed E-state index contributed by atoms with van der Waals surface area (Å²) in [5, 5.41) is 12.9. The van der Waals surface area contributed by atoms with E-state index in [0.717, 1.165) is 0 Å². The number of carbonyl (C=O) groups excluding carboxylic acids is 3. The third-order valence-electron chi connectivity index (χ3n) is 4.12. The summed E-state index contributed by atoms with van der Waals surface area (Å²) in [5.41, 5.74) is 0.687. The van der Waals surface area contributed by atoms with E-state index in [2.05, 4.69) is 5.32 Å². The van der Waals surface area contributed by atoms with Crippen LogP contribution in [-0.2, 0) is 33.3 Å². The van der Waals surface area contributed by atoms with Crippen LogP contribution in [0.3, 0.4) is 0 Å². The van der Waals surface area contributed by atoms with Crippen molar-refractivity contribution in [1.29, 1.82) is 0 Å². The number of nitrogens with one attached hydrogen (secondary N) is 1. The van der Waals surface area contributed by atoms with Crippen molar-refractivity contribution in [2.75, 3.05) is 40.6 Å². The minimum absolute atomic E-state index is 0.0314. The van der Waals surface area contributed by atoms with Gasteiger partial charge in [0.1, 0.15) is 11.5 Å². The number of aliphatic hydroxyl groups is 1. The summed E-state index contributed by atoms with van der Waals surface area (Å²) in [6.07, 6.45) is 1.27. The largest absolute Gasteiger partial charge is 0.507 e. The van der Waals surface area contributed by atoms with Gasteiger partial charge in [-0.3, -0.25) is 9.59 Å². The lowest BCUT2D eigenvalue weighted by Crippen LogP contribution is -2.29. The van der Waals surface area contributed by atoms with E-state index in [9.17, 15) is 19.5 Å². The second-order valence-electron chi connectivity index (χ2n) is 6.42. The molecule has 2 N–H and O–H groups in total. The Morgan fingerprint density at radius 3 is 2.55 bits per heavy atom. The monoisotopic (exact) mass is 411 g/mol. The first kappa shape index (κ1) is 24.5. The van der Waals surface area contributed by atoms with Crippen molar-refractivity contribution in [3.05, 3.63) is 34.3 Å². The Bertz CT molecular complexity index is 693. The zero-order valence-corrected chi connectivity index (χ0v) is 17.3. The lowest BCUT2D eigenvalue weighted by Gasteiger charge is -2.21. The van der Waals surface area contributed by atoms with E-state index >= 15 is 0 Å². The molecule has 1 aliphatic rings. The summed E-state index contributed by atoms with van der Waals surface area (Å²) in [6.45, 7) is 4.78. The molecule has 0 aromatic carbocycles. The molecule has 0 aliphatic carbocycles. The van der Waals surface area contributed by atoms with Gasteiger partial charge in [-0.1, -0.05) is 5.57 Å². The molecule has 0 radical (unpaired) electrons. The number of aliphatic hydroxyl groups excluding tert-OH is 1. The Labute approximate surface area is 170 Å². The van der Waals surface area contributed by atoms with Crippen molar-refractivity contribution in [3.8, 4) is 0 Å². The molecular weight excluding hydrogens is 382 g/mol. The van der Waals surface area contributed by atoms with Crippen LogP contribution < -0.4 is 5.32 Å². The Hall–Kier alpha value is -2.49. The van der Waals surface area contributed by atoms with Gasteiger partial charge in [-0.15, -0.1) is 0 Å². The zero-order valence-electron chi connectivity index (χ0n) is 17.3. The quantitative estimate of drug-likeness (QED) is 0.162. The number of ether oxygens (including phenoxy) is 4. The highest BCUT2D eigenvalue weighted by atomic mass is 16.5. The summed E-state index contributed by atoms with van der Waals surface area (Å²) in [6, 6.07) is 0. The fraction of sp³-hybridized carbons (Fsp3) is 0.550. The van der Waals surface area contributed by atoms with Crippen molar-refractivity contribution in [2.45, 2.75) is 32.8 Å². The first-order valence-electron chi connectivity index (χ1n) is 9.20. The first-order chi connectivity index (χ1) is 13.8. The molecule has 1 heterocycles.